The maximum atomic E-state index is 6.15. The van der Waals surface area contributed by atoms with E-state index in [4.69, 9.17) is 5.73 Å². The third-order valence-corrected chi connectivity index (χ3v) is 4.54. The van der Waals surface area contributed by atoms with Crippen molar-refractivity contribution in [3.05, 3.63) is 0 Å². The molecule has 0 heterocycles. The van der Waals surface area contributed by atoms with Gasteiger partial charge >= 0.3 is 0 Å². The van der Waals surface area contributed by atoms with E-state index in [1.807, 2.05) is 0 Å². The largest absolute Gasteiger partial charge is 0.329 e. The van der Waals surface area contributed by atoms with Gasteiger partial charge < -0.3 is 10.6 Å². The number of likely N-dealkylation sites (N-methyl/N-ethyl adjacent to an activating group) is 1. The third-order valence-electron chi connectivity index (χ3n) is 4.54. The summed E-state index contributed by atoms with van der Waals surface area (Å²) in [5, 5.41) is 0. The van der Waals surface area contributed by atoms with Gasteiger partial charge in [0.25, 0.3) is 0 Å². The molecule has 1 fully saturated rings. The van der Waals surface area contributed by atoms with Gasteiger partial charge in [-0.15, -0.1) is 0 Å². The zero-order valence-electron chi connectivity index (χ0n) is 13.1. The molecule has 0 aromatic carbocycles. The lowest BCUT2D eigenvalue weighted by Gasteiger charge is -2.41. The minimum Gasteiger partial charge on any atom is -0.329 e. The zero-order chi connectivity index (χ0) is 13.8. The molecule has 0 amide bonds. The minimum atomic E-state index is 0.268. The molecule has 3 heteroatoms. The first-order chi connectivity index (χ1) is 8.35. The molecule has 0 aromatic heterocycles. The van der Waals surface area contributed by atoms with Crippen molar-refractivity contribution in [1.82, 2.24) is 9.80 Å². The molecular weight excluding hydrogens is 222 g/mol. The molecule has 1 saturated carbocycles. The van der Waals surface area contributed by atoms with Gasteiger partial charge in [0.15, 0.2) is 0 Å². The number of nitrogens with zero attached hydrogens (tertiary/aromatic N) is 2. The topological polar surface area (TPSA) is 32.5 Å². The lowest BCUT2D eigenvalue weighted by molar-refractivity contribution is 0.0906. The molecule has 3 nitrogen and oxygen atoms in total. The second-order valence-electron chi connectivity index (χ2n) is 7.01. The smallest absolute Gasteiger partial charge is 0.0336 e. The monoisotopic (exact) mass is 255 g/mol. The molecule has 108 valence electrons. The Bertz CT molecular complexity index is 250. The van der Waals surface area contributed by atoms with Crippen molar-refractivity contribution in [3.63, 3.8) is 0 Å². The van der Waals surface area contributed by atoms with Crippen LogP contribution in [-0.2, 0) is 0 Å². The summed E-state index contributed by atoms with van der Waals surface area (Å²) in [5.41, 5.74) is 6.88. The van der Waals surface area contributed by atoms with Gasteiger partial charge in [0.1, 0.15) is 0 Å². The quantitative estimate of drug-likeness (QED) is 0.757. The van der Waals surface area contributed by atoms with Crippen LogP contribution in [0.5, 0.6) is 0 Å². The summed E-state index contributed by atoms with van der Waals surface area (Å²) in [6.45, 7) is 11.3. The number of hydrogen-bond donors (Lipinski definition) is 1. The molecule has 0 radical (unpaired) electrons. The van der Waals surface area contributed by atoms with Crippen LogP contribution >= 0.6 is 0 Å². The van der Waals surface area contributed by atoms with Gasteiger partial charge in [-0.3, -0.25) is 4.90 Å². The van der Waals surface area contributed by atoms with Gasteiger partial charge in [-0.2, -0.15) is 0 Å². The molecule has 0 saturated heterocycles. The summed E-state index contributed by atoms with van der Waals surface area (Å²) in [6.07, 6.45) is 5.08. The summed E-state index contributed by atoms with van der Waals surface area (Å²) in [6, 6.07) is 0. The molecular formula is C15H33N3. The average molecular weight is 255 g/mol. The van der Waals surface area contributed by atoms with Gasteiger partial charge in [0.2, 0.25) is 0 Å². The molecule has 0 aliphatic heterocycles. The van der Waals surface area contributed by atoms with Gasteiger partial charge in [0.05, 0.1) is 0 Å². The SMILES string of the molecule is CCN(CCCN(C)C)C1(CN)CCC(C)(C)C1. The van der Waals surface area contributed by atoms with Crippen molar-refractivity contribution in [3.8, 4) is 0 Å². The number of hydrogen-bond acceptors (Lipinski definition) is 3. The van der Waals surface area contributed by atoms with Crippen molar-refractivity contribution in [1.29, 1.82) is 0 Å². The van der Waals surface area contributed by atoms with E-state index in [-0.39, 0.29) is 5.54 Å². The summed E-state index contributed by atoms with van der Waals surface area (Å²) in [4.78, 5) is 4.91. The highest BCUT2D eigenvalue weighted by Crippen LogP contribution is 2.46. The number of rotatable bonds is 7. The van der Waals surface area contributed by atoms with Crippen molar-refractivity contribution < 1.29 is 0 Å². The summed E-state index contributed by atoms with van der Waals surface area (Å²) in [5.74, 6) is 0. The van der Waals surface area contributed by atoms with Crippen LogP contribution in [0.2, 0.25) is 0 Å². The highest BCUT2D eigenvalue weighted by molar-refractivity contribution is 5.01. The predicted molar refractivity (Wildman–Crippen MR) is 79.8 cm³/mol. The number of nitrogens with two attached hydrogens (primary N) is 1. The van der Waals surface area contributed by atoms with E-state index in [1.165, 1.54) is 38.8 Å². The summed E-state index contributed by atoms with van der Waals surface area (Å²) in [7, 11) is 4.29. The first-order valence-electron chi connectivity index (χ1n) is 7.45. The fourth-order valence-electron chi connectivity index (χ4n) is 3.52. The maximum Gasteiger partial charge on any atom is 0.0336 e. The van der Waals surface area contributed by atoms with E-state index in [0.29, 0.717) is 5.41 Å². The van der Waals surface area contributed by atoms with Gasteiger partial charge in [-0.25, -0.2) is 0 Å². The van der Waals surface area contributed by atoms with E-state index in [2.05, 4.69) is 44.7 Å². The summed E-state index contributed by atoms with van der Waals surface area (Å²) >= 11 is 0. The van der Waals surface area contributed by atoms with Crippen LogP contribution in [0.4, 0.5) is 0 Å². The van der Waals surface area contributed by atoms with Crippen molar-refractivity contribution in [2.45, 2.75) is 52.0 Å². The van der Waals surface area contributed by atoms with E-state index >= 15 is 0 Å². The Morgan fingerprint density at radius 3 is 2.17 bits per heavy atom. The van der Waals surface area contributed by atoms with Crippen LogP contribution in [-0.4, -0.2) is 55.6 Å². The molecule has 2 N–H and O–H groups in total. The van der Waals surface area contributed by atoms with Crippen LogP contribution in [0, 0.1) is 5.41 Å². The Morgan fingerprint density at radius 2 is 1.78 bits per heavy atom. The van der Waals surface area contributed by atoms with Crippen LogP contribution < -0.4 is 5.73 Å². The van der Waals surface area contributed by atoms with Crippen LogP contribution in [0.25, 0.3) is 0 Å². The molecule has 1 unspecified atom stereocenters. The van der Waals surface area contributed by atoms with E-state index in [1.54, 1.807) is 0 Å². The summed E-state index contributed by atoms with van der Waals surface area (Å²) < 4.78 is 0. The van der Waals surface area contributed by atoms with Gasteiger partial charge in [-0.1, -0.05) is 20.8 Å². The minimum absolute atomic E-state index is 0.268. The molecule has 18 heavy (non-hydrogen) atoms. The second kappa shape index (κ2) is 6.36. The second-order valence-corrected chi connectivity index (χ2v) is 7.01. The molecule has 0 spiro atoms. The Balaban J connectivity index is 2.61. The average Bonchev–Trinajstić information content (AvgIpc) is 2.61. The van der Waals surface area contributed by atoms with Crippen molar-refractivity contribution in [2.75, 3.05) is 40.3 Å². The van der Waals surface area contributed by atoms with Crippen molar-refractivity contribution >= 4 is 0 Å². The Hall–Kier alpha value is -0.120. The maximum absolute atomic E-state index is 6.15. The van der Waals surface area contributed by atoms with E-state index < -0.39 is 0 Å². The third kappa shape index (κ3) is 3.94. The molecule has 1 aliphatic carbocycles. The first-order valence-corrected chi connectivity index (χ1v) is 7.45. The Morgan fingerprint density at radius 1 is 1.11 bits per heavy atom. The van der Waals surface area contributed by atoms with Gasteiger partial charge in [-0.05, 0) is 64.8 Å². The lowest BCUT2D eigenvalue weighted by Crippen LogP contribution is -2.53. The van der Waals surface area contributed by atoms with Crippen LogP contribution in [0.1, 0.15) is 46.5 Å². The van der Waals surface area contributed by atoms with E-state index in [0.717, 1.165) is 13.1 Å². The standard InChI is InChI=1S/C15H33N3/c1-6-18(11-7-10-17(4)5)15(13-16)9-8-14(2,3)12-15/h6-13,16H2,1-5H3. The zero-order valence-corrected chi connectivity index (χ0v) is 13.1. The van der Waals surface area contributed by atoms with Crippen LogP contribution in [0.3, 0.4) is 0 Å². The molecule has 1 atom stereocenters. The molecule has 1 aliphatic rings. The van der Waals surface area contributed by atoms with Crippen molar-refractivity contribution in [2.24, 2.45) is 11.1 Å². The predicted octanol–water partition coefficient (Wildman–Crippen LogP) is 2.17. The highest BCUT2D eigenvalue weighted by atomic mass is 15.2. The highest BCUT2D eigenvalue weighted by Gasteiger charge is 2.45. The molecule has 0 bridgehead atoms. The lowest BCUT2D eigenvalue weighted by atomic mass is 9.86. The Labute approximate surface area is 114 Å². The van der Waals surface area contributed by atoms with Crippen LogP contribution in [0.15, 0.2) is 0 Å². The molecule has 0 aromatic rings. The fraction of sp³-hybridized carbons (Fsp3) is 1.00. The van der Waals surface area contributed by atoms with E-state index in [9.17, 15) is 0 Å². The Kier molecular flexibility index (Phi) is 5.63. The normalized spacial score (nSPS) is 27.3. The fourth-order valence-corrected chi connectivity index (χ4v) is 3.52. The first kappa shape index (κ1) is 15.9. The molecule has 1 rings (SSSR count). The van der Waals surface area contributed by atoms with Gasteiger partial charge in [0, 0.05) is 12.1 Å².